The summed E-state index contributed by atoms with van der Waals surface area (Å²) in [6, 6.07) is 9.96. The van der Waals surface area contributed by atoms with Crippen molar-refractivity contribution in [2.75, 3.05) is 6.61 Å². The first-order valence-electron chi connectivity index (χ1n) is 5.92. The zero-order chi connectivity index (χ0) is 13.0. The first-order chi connectivity index (χ1) is 8.68. The van der Waals surface area contributed by atoms with E-state index in [1.54, 1.807) is 0 Å². The number of carboxylic acids is 1. The molecule has 0 aliphatic heterocycles. The lowest BCUT2D eigenvalue weighted by Crippen LogP contribution is -1.97. The number of aliphatic carboxylic acids is 1. The fourth-order valence-corrected chi connectivity index (χ4v) is 2.11. The third kappa shape index (κ3) is 3.59. The molecule has 1 saturated carbocycles. The van der Waals surface area contributed by atoms with E-state index in [0.29, 0.717) is 19.1 Å². The van der Waals surface area contributed by atoms with Crippen LogP contribution >= 0.6 is 11.6 Å². The number of hydrogen-bond acceptors (Lipinski definition) is 2. The largest absolute Gasteiger partial charge is 0.477 e. The van der Waals surface area contributed by atoms with Crippen molar-refractivity contribution in [1.82, 2.24) is 0 Å². The van der Waals surface area contributed by atoms with Gasteiger partial charge in [0.05, 0.1) is 6.61 Å². The maximum absolute atomic E-state index is 10.6. The van der Waals surface area contributed by atoms with Gasteiger partial charge in [-0.1, -0.05) is 41.9 Å². The maximum Gasteiger partial charge on any atom is 0.347 e. The molecule has 0 amide bonds. The second-order valence-electron chi connectivity index (χ2n) is 4.37. The van der Waals surface area contributed by atoms with E-state index in [9.17, 15) is 4.79 Å². The van der Waals surface area contributed by atoms with Crippen LogP contribution in [0.5, 0.6) is 0 Å². The van der Waals surface area contributed by atoms with Crippen molar-refractivity contribution < 1.29 is 14.6 Å². The minimum atomic E-state index is -1.03. The Labute approximate surface area is 111 Å². The van der Waals surface area contributed by atoms with Gasteiger partial charge in [0.2, 0.25) is 0 Å². The van der Waals surface area contributed by atoms with Crippen molar-refractivity contribution in [2.24, 2.45) is 5.92 Å². The number of ether oxygens (including phenoxy) is 1. The second-order valence-corrected chi connectivity index (χ2v) is 4.75. The number of allylic oxidation sites excluding steroid dienone is 1. The molecular weight excluding hydrogens is 252 g/mol. The van der Waals surface area contributed by atoms with Gasteiger partial charge in [-0.3, -0.25) is 0 Å². The highest BCUT2D eigenvalue weighted by Gasteiger charge is 2.34. The fourth-order valence-electron chi connectivity index (χ4n) is 1.88. The van der Waals surface area contributed by atoms with E-state index in [2.05, 4.69) is 0 Å². The van der Waals surface area contributed by atoms with Crippen LogP contribution in [0.1, 0.15) is 18.4 Å². The van der Waals surface area contributed by atoms with Crippen molar-refractivity contribution in [3.05, 3.63) is 46.5 Å². The van der Waals surface area contributed by atoms with E-state index >= 15 is 0 Å². The first kappa shape index (κ1) is 13.1. The van der Waals surface area contributed by atoms with Crippen LogP contribution in [0.25, 0.3) is 0 Å². The predicted molar refractivity (Wildman–Crippen MR) is 69.3 cm³/mol. The molecule has 96 valence electrons. The summed E-state index contributed by atoms with van der Waals surface area (Å²) in [7, 11) is 0. The lowest BCUT2D eigenvalue weighted by atomic mass is 10.2. The Morgan fingerprint density at radius 3 is 2.78 bits per heavy atom. The van der Waals surface area contributed by atoms with Crippen LogP contribution in [0.15, 0.2) is 40.9 Å². The van der Waals surface area contributed by atoms with Crippen LogP contribution < -0.4 is 0 Å². The standard InChI is InChI=1S/C14H15ClO3/c15-13(14(16)17)12-8-11(12)6-7-18-9-10-4-2-1-3-5-10/h1-5,11H,6-9H2,(H,16,17). The van der Waals surface area contributed by atoms with Gasteiger partial charge in [-0.25, -0.2) is 4.79 Å². The summed E-state index contributed by atoms with van der Waals surface area (Å²) < 4.78 is 5.55. The summed E-state index contributed by atoms with van der Waals surface area (Å²) in [6.45, 7) is 1.23. The molecule has 1 aromatic rings. The van der Waals surface area contributed by atoms with Crippen LogP contribution in [0, 0.1) is 5.92 Å². The minimum absolute atomic E-state index is 0.0111. The monoisotopic (exact) mass is 266 g/mol. The van der Waals surface area contributed by atoms with Crippen LogP contribution in [-0.4, -0.2) is 17.7 Å². The molecule has 4 heteroatoms. The van der Waals surface area contributed by atoms with Crippen LogP contribution in [0.4, 0.5) is 0 Å². The third-order valence-electron chi connectivity index (χ3n) is 2.99. The Morgan fingerprint density at radius 2 is 2.11 bits per heavy atom. The molecule has 0 spiro atoms. The molecular formula is C14H15ClO3. The Hall–Kier alpha value is -1.32. The lowest BCUT2D eigenvalue weighted by molar-refractivity contribution is -0.131. The van der Waals surface area contributed by atoms with Crippen molar-refractivity contribution in [3.8, 4) is 0 Å². The van der Waals surface area contributed by atoms with Gasteiger partial charge in [0.25, 0.3) is 0 Å². The van der Waals surface area contributed by atoms with E-state index in [4.69, 9.17) is 21.4 Å². The van der Waals surface area contributed by atoms with Gasteiger partial charge in [-0.05, 0) is 29.9 Å². The summed E-state index contributed by atoms with van der Waals surface area (Å²) in [5.74, 6) is -0.733. The van der Waals surface area contributed by atoms with E-state index in [1.165, 1.54) is 0 Å². The summed E-state index contributed by atoms with van der Waals surface area (Å²) >= 11 is 5.66. The smallest absolute Gasteiger partial charge is 0.347 e. The maximum atomic E-state index is 10.6. The van der Waals surface area contributed by atoms with Crippen molar-refractivity contribution in [2.45, 2.75) is 19.4 Å². The van der Waals surface area contributed by atoms with Crippen LogP contribution in [-0.2, 0) is 16.1 Å². The molecule has 1 N–H and O–H groups in total. The molecule has 1 atom stereocenters. The molecule has 1 aliphatic carbocycles. The Kier molecular flexibility index (Phi) is 4.39. The summed E-state index contributed by atoms with van der Waals surface area (Å²) in [6.07, 6.45) is 1.63. The normalized spacial score (nSPS) is 20.6. The third-order valence-corrected chi connectivity index (χ3v) is 3.40. The van der Waals surface area contributed by atoms with Gasteiger partial charge >= 0.3 is 5.97 Å². The molecule has 0 heterocycles. The van der Waals surface area contributed by atoms with Crippen molar-refractivity contribution >= 4 is 17.6 Å². The number of halogens is 1. The molecule has 0 bridgehead atoms. The fraction of sp³-hybridized carbons (Fsp3) is 0.357. The van der Waals surface area contributed by atoms with Gasteiger partial charge in [0.1, 0.15) is 5.03 Å². The second kappa shape index (κ2) is 6.03. The summed E-state index contributed by atoms with van der Waals surface area (Å²) in [5.41, 5.74) is 2.00. The highest BCUT2D eigenvalue weighted by Crippen LogP contribution is 2.43. The van der Waals surface area contributed by atoms with Gasteiger partial charge in [0.15, 0.2) is 0 Å². The minimum Gasteiger partial charge on any atom is -0.477 e. The quantitative estimate of drug-likeness (QED) is 0.635. The Bertz CT molecular complexity index is 453. The number of benzene rings is 1. The molecule has 1 aromatic carbocycles. The number of rotatable bonds is 6. The van der Waals surface area contributed by atoms with Crippen LogP contribution in [0.3, 0.4) is 0 Å². The highest BCUT2D eigenvalue weighted by molar-refractivity contribution is 6.41. The molecule has 0 saturated heterocycles. The van der Waals surface area contributed by atoms with E-state index < -0.39 is 5.97 Å². The molecule has 1 unspecified atom stereocenters. The van der Waals surface area contributed by atoms with Crippen LogP contribution in [0.2, 0.25) is 0 Å². The number of hydrogen-bond donors (Lipinski definition) is 1. The average Bonchev–Trinajstić information content (AvgIpc) is 3.14. The SMILES string of the molecule is O=C(O)C(Cl)=C1CC1CCOCc1ccccc1. The Balaban J connectivity index is 1.66. The van der Waals surface area contributed by atoms with Gasteiger partial charge in [-0.2, -0.15) is 0 Å². The molecule has 1 aliphatic rings. The highest BCUT2D eigenvalue weighted by atomic mass is 35.5. The lowest BCUT2D eigenvalue weighted by Gasteiger charge is -2.03. The molecule has 1 fully saturated rings. The zero-order valence-corrected chi connectivity index (χ0v) is 10.7. The number of carboxylic acid groups (broad SMARTS) is 1. The summed E-state index contributed by atoms with van der Waals surface area (Å²) in [5, 5.41) is 8.70. The molecule has 3 nitrogen and oxygen atoms in total. The topological polar surface area (TPSA) is 46.5 Å². The van der Waals surface area contributed by atoms with Gasteiger partial charge in [-0.15, -0.1) is 0 Å². The average molecular weight is 267 g/mol. The predicted octanol–water partition coefficient (Wildman–Crippen LogP) is 3.19. The van der Waals surface area contributed by atoms with Gasteiger partial charge in [0, 0.05) is 6.61 Å². The number of carbonyl (C=O) groups is 1. The zero-order valence-electron chi connectivity index (χ0n) is 9.93. The molecule has 2 rings (SSSR count). The molecule has 0 radical (unpaired) electrons. The van der Waals surface area contributed by atoms with Crippen molar-refractivity contribution in [1.29, 1.82) is 0 Å². The Morgan fingerprint density at radius 1 is 1.39 bits per heavy atom. The van der Waals surface area contributed by atoms with E-state index in [0.717, 1.165) is 24.0 Å². The van der Waals surface area contributed by atoms with Gasteiger partial charge < -0.3 is 9.84 Å². The van der Waals surface area contributed by atoms with E-state index in [-0.39, 0.29) is 5.03 Å². The van der Waals surface area contributed by atoms with Crippen molar-refractivity contribution in [3.63, 3.8) is 0 Å². The molecule has 18 heavy (non-hydrogen) atoms. The molecule has 0 aromatic heterocycles. The van der Waals surface area contributed by atoms with E-state index in [1.807, 2.05) is 30.3 Å². The first-order valence-corrected chi connectivity index (χ1v) is 6.29. The summed E-state index contributed by atoms with van der Waals surface area (Å²) in [4.78, 5) is 10.6.